The number of halogens is 2. The number of benzene rings is 2. The Morgan fingerprint density at radius 2 is 1.70 bits per heavy atom. The van der Waals surface area contributed by atoms with Gasteiger partial charge in [-0.05, 0) is 29.8 Å². The van der Waals surface area contributed by atoms with Gasteiger partial charge in [0.1, 0.15) is 11.5 Å². The predicted molar refractivity (Wildman–Crippen MR) is 99.2 cm³/mol. The fourth-order valence-corrected chi connectivity index (χ4v) is 4.22. The van der Waals surface area contributed by atoms with Crippen molar-refractivity contribution >= 4 is 44.9 Å². The van der Waals surface area contributed by atoms with E-state index in [0.29, 0.717) is 5.56 Å². The Morgan fingerprint density at radius 1 is 1.11 bits per heavy atom. The molecule has 0 heterocycles. The summed E-state index contributed by atoms with van der Waals surface area (Å²) < 4.78 is 31.7. The summed E-state index contributed by atoms with van der Waals surface area (Å²) in [4.78, 5) is 21.5. The number of hydrogen-bond acceptors (Lipinski definition) is 6. The van der Waals surface area contributed by atoms with Gasteiger partial charge in [0.15, 0.2) is 0 Å². The van der Waals surface area contributed by atoms with Crippen LogP contribution in [0.5, 0.6) is 0 Å². The van der Waals surface area contributed by atoms with Crippen LogP contribution in [0.1, 0.15) is 12.0 Å². The van der Waals surface area contributed by atoms with Crippen molar-refractivity contribution in [3.63, 3.8) is 0 Å². The molecular weight excluding hydrogens is 419 g/mol. The monoisotopic (exact) mass is 432 g/mol. The highest BCUT2D eigenvalue weighted by atomic mass is 35.5. The largest absolute Gasteiger partial charge is 0.461 e. The van der Waals surface area contributed by atoms with Crippen LogP contribution in [-0.2, 0) is 26.2 Å². The van der Waals surface area contributed by atoms with Crippen molar-refractivity contribution in [3.05, 3.63) is 68.2 Å². The number of hydrogen-bond donors (Lipinski definition) is 1. The van der Waals surface area contributed by atoms with E-state index in [1.165, 1.54) is 42.5 Å². The molecule has 2 aromatic carbocycles. The van der Waals surface area contributed by atoms with Crippen molar-refractivity contribution in [2.45, 2.75) is 17.9 Å². The lowest BCUT2D eigenvalue weighted by Gasteiger charge is -2.10. The first-order valence-electron chi connectivity index (χ1n) is 7.53. The van der Waals surface area contributed by atoms with Gasteiger partial charge in [-0.2, -0.15) is 0 Å². The molecule has 11 heteroatoms. The van der Waals surface area contributed by atoms with Gasteiger partial charge in [0.25, 0.3) is 5.69 Å². The summed E-state index contributed by atoms with van der Waals surface area (Å²) in [5.74, 6) is -0.638. The zero-order valence-corrected chi connectivity index (χ0v) is 16.1. The van der Waals surface area contributed by atoms with E-state index in [0.717, 1.165) is 0 Å². The molecule has 0 radical (unpaired) electrons. The third kappa shape index (κ3) is 5.90. The topological polar surface area (TPSA) is 116 Å². The van der Waals surface area contributed by atoms with E-state index in [1.54, 1.807) is 0 Å². The number of rotatable bonds is 8. The minimum absolute atomic E-state index is 0.0317. The molecule has 0 aromatic heterocycles. The zero-order chi connectivity index (χ0) is 20.0. The van der Waals surface area contributed by atoms with Gasteiger partial charge in [-0.25, -0.2) is 13.1 Å². The Kier molecular flexibility index (Phi) is 7.14. The quantitative estimate of drug-likeness (QED) is 0.388. The van der Waals surface area contributed by atoms with Crippen molar-refractivity contribution in [1.82, 2.24) is 4.72 Å². The van der Waals surface area contributed by atoms with Crippen LogP contribution in [0.4, 0.5) is 5.69 Å². The number of esters is 1. The number of nitrogens with one attached hydrogen (secondary N) is 1. The molecule has 0 amide bonds. The first-order valence-corrected chi connectivity index (χ1v) is 9.77. The van der Waals surface area contributed by atoms with Gasteiger partial charge < -0.3 is 4.74 Å². The summed E-state index contributed by atoms with van der Waals surface area (Å²) in [5, 5.41) is 10.5. The smallest absolute Gasteiger partial charge is 0.307 e. The third-order valence-corrected chi connectivity index (χ3v) is 5.77. The fraction of sp³-hybridized carbons (Fsp3) is 0.188. The summed E-state index contributed by atoms with van der Waals surface area (Å²) in [7, 11) is -3.98. The van der Waals surface area contributed by atoms with Crippen LogP contribution in [0.25, 0.3) is 0 Å². The second-order valence-electron chi connectivity index (χ2n) is 5.28. The second kappa shape index (κ2) is 9.14. The van der Waals surface area contributed by atoms with E-state index in [-0.39, 0.29) is 40.2 Å². The predicted octanol–water partition coefficient (Wildman–Crippen LogP) is 3.31. The number of nitro groups is 1. The molecule has 2 aromatic rings. The normalized spacial score (nSPS) is 11.2. The van der Waals surface area contributed by atoms with Crippen LogP contribution in [0, 0.1) is 10.1 Å². The summed E-state index contributed by atoms with van der Waals surface area (Å²) in [5.41, 5.74) is 0.495. The Labute approximate surface area is 165 Å². The lowest BCUT2D eigenvalue weighted by molar-refractivity contribution is -0.384. The number of nitrogens with zero attached hydrogens (tertiary/aromatic N) is 1. The van der Waals surface area contributed by atoms with E-state index in [9.17, 15) is 23.3 Å². The first kappa shape index (κ1) is 21.1. The molecule has 0 aliphatic rings. The van der Waals surface area contributed by atoms with Crippen LogP contribution < -0.4 is 4.72 Å². The van der Waals surface area contributed by atoms with Gasteiger partial charge >= 0.3 is 5.97 Å². The average molecular weight is 433 g/mol. The van der Waals surface area contributed by atoms with Crippen molar-refractivity contribution in [1.29, 1.82) is 0 Å². The molecule has 0 saturated carbocycles. The maximum atomic E-state index is 12.2. The van der Waals surface area contributed by atoms with Gasteiger partial charge in [0.2, 0.25) is 10.0 Å². The van der Waals surface area contributed by atoms with Crippen LogP contribution in [0.3, 0.4) is 0 Å². The Balaban J connectivity index is 1.84. The molecule has 0 aliphatic heterocycles. The SMILES string of the molecule is O=C(CCNS(=O)(=O)c1c(Cl)cccc1Cl)OCc1ccc([N+](=O)[O-])cc1. The van der Waals surface area contributed by atoms with Crippen molar-refractivity contribution in [2.24, 2.45) is 0 Å². The van der Waals surface area contributed by atoms with Crippen LogP contribution in [-0.4, -0.2) is 25.9 Å². The van der Waals surface area contributed by atoms with E-state index in [4.69, 9.17) is 27.9 Å². The number of sulfonamides is 1. The van der Waals surface area contributed by atoms with Crippen LogP contribution >= 0.6 is 23.2 Å². The van der Waals surface area contributed by atoms with E-state index in [1.807, 2.05) is 0 Å². The molecule has 0 fully saturated rings. The highest BCUT2D eigenvalue weighted by Gasteiger charge is 2.21. The van der Waals surface area contributed by atoms with E-state index in [2.05, 4.69) is 4.72 Å². The maximum absolute atomic E-state index is 12.2. The molecular formula is C16H14Cl2N2O6S. The minimum atomic E-state index is -3.98. The molecule has 2 rings (SSSR count). The number of non-ortho nitro benzene ring substituents is 1. The Hall–Kier alpha value is -2.20. The summed E-state index contributed by atoms with van der Waals surface area (Å²) in [6.45, 7) is -0.289. The highest BCUT2D eigenvalue weighted by Crippen LogP contribution is 2.28. The van der Waals surface area contributed by atoms with E-state index >= 15 is 0 Å². The minimum Gasteiger partial charge on any atom is -0.461 e. The van der Waals surface area contributed by atoms with Gasteiger partial charge in [-0.15, -0.1) is 0 Å². The number of ether oxygens (including phenoxy) is 1. The molecule has 0 spiro atoms. The number of carbonyl (C=O) groups excluding carboxylic acids is 1. The zero-order valence-electron chi connectivity index (χ0n) is 13.7. The van der Waals surface area contributed by atoms with Crippen LogP contribution in [0.2, 0.25) is 10.0 Å². The second-order valence-corrected chi connectivity index (χ2v) is 7.80. The van der Waals surface area contributed by atoms with Gasteiger partial charge in [0, 0.05) is 18.7 Å². The van der Waals surface area contributed by atoms with Crippen molar-refractivity contribution in [3.8, 4) is 0 Å². The lowest BCUT2D eigenvalue weighted by Crippen LogP contribution is -2.27. The van der Waals surface area contributed by atoms with Crippen molar-refractivity contribution in [2.75, 3.05) is 6.54 Å². The molecule has 1 N–H and O–H groups in total. The molecule has 0 aliphatic carbocycles. The lowest BCUT2D eigenvalue weighted by atomic mass is 10.2. The average Bonchev–Trinajstić information content (AvgIpc) is 2.59. The maximum Gasteiger partial charge on any atom is 0.307 e. The molecule has 0 bridgehead atoms. The first-order chi connectivity index (χ1) is 12.7. The molecule has 8 nitrogen and oxygen atoms in total. The standard InChI is InChI=1S/C16H14Cl2N2O6S/c17-13-2-1-3-14(18)16(13)27(24,25)19-9-8-15(21)26-10-11-4-6-12(7-5-11)20(22)23/h1-7,19H,8-10H2. The van der Waals surface area contributed by atoms with Crippen LogP contribution in [0.15, 0.2) is 47.4 Å². The Bertz CT molecular complexity index is 928. The summed E-state index contributed by atoms with van der Waals surface area (Å²) in [6, 6.07) is 9.82. The van der Waals surface area contributed by atoms with Crippen molar-refractivity contribution < 1.29 is 22.9 Å². The van der Waals surface area contributed by atoms with Gasteiger partial charge in [0.05, 0.1) is 21.4 Å². The number of carbonyl (C=O) groups is 1. The number of nitro benzene ring substituents is 1. The summed E-state index contributed by atoms with van der Waals surface area (Å²) in [6.07, 6.45) is -0.214. The molecule has 0 unspecified atom stereocenters. The van der Waals surface area contributed by atoms with Gasteiger partial charge in [-0.3, -0.25) is 14.9 Å². The molecule has 0 saturated heterocycles. The third-order valence-electron chi connectivity index (χ3n) is 3.36. The molecule has 144 valence electrons. The highest BCUT2D eigenvalue weighted by molar-refractivity contribution is 7.89. The van der Waals surface area contributed by atoms with E-state index < -0.39 is 20.9 Å². The molecule has 27 heavy (non-hydrogen) atoms. The summed E-state index contributed by atoms with van der Waals surface area (Å²) >= 11 is 11.7. The fourth-order valence-electron chi connectivity index (χ4n) is 2.05. The molecule has 0 atom stereocenters. The Morgan fingerprint density at radius 3 is 2.26 bits per heavy atom. The van der Waals surface area contributed by atoms with Gasteiger partial charge in [-0.1, -0.05) is 29.3 Å².